The summed E-state index contributed by atoms with van der Waals surface area (Å²) >= 11 is 0. The number of halogens is 1. The van der Waals surface area contributed by atoms with Gasteiger partial charge in [0.15, 0.2) is 0 Å². The van der Waals surface area contributed by atoms with Crippen LogP contribution in [0.1, 0.15) is 24.7 Å². The Morgan fingerprint density at radius 3 is 2.50 bits per heavy atom. The Balaban J connectivity index is 1.80. The van der Waals surface area contributed by atoms with E-state index < -0.39 is 6.09 Å². The first-order valence-corrected chi connectivity index (χ1v) is 9.13. The molecule has 0 aliphatic carbocycles. The van der Waals surface area contributed by atoms with Gasteiger partial charge in [0.25, 0.3) is 0 Å². The Kier molecular flexibility index (Phi) is 4.77. The normalized spacial score (nSPS) is 15.0. The van der Waals surface area contributed by atoms with E-state index in [1.54, 1.807) is 18.3 Å². The summed E-state index contributed by atoms with van der Waals surface area (Å²) in [5.41, 5.74) is 3.12. The van der Waals surface area contributed by atoms with Crippen LogP contribution in [0.25, 0.3) is 22.6 Å². The van der Waals surface area contributed by atoms with Gasteiger partial charge in [0, 0.05) is 30.9 Å². The number of nitrogens with zero attached hydrogens (tertiary/aromatic N) is 5. The highest BCUT2D eigenvalue weighted by molar-refractivity contribution is 5.77. The van der Waals surface area contributed by atoms with E-state index in [0.717, 1.165) is 28.5 Å². The quantitative estimate of drug-likeness (QED) is 0.747. The predicted molar refractivity (Wildman–Crippen MR) is 101 cm³/mol. The van der Waals surface area contributed by atoms with Gasteiger partial charge in [0.1, 0.15) is 18.0 Å². The first-order valence-electron chi connectivity index (χ1n) is 9.13. The number of rotatable bonds is 3. The average molecular weight is 381 g/mol. The SMILES string of the molecule is Cc1nc(-c2ccc(F)cc2)c(-c2ccncn2)n1C1CCN(C(=O)O)CC1. The Hall–Kier alpha value is -3.29. The van der Waals surface area contributed by atoms with Crippen molar-refractivity contribution in [1.29, 1.82) is 0 Å². The zero-order valence-electron chi connectivity index (χ0n) is 15.4. The second-order valence-electron chi connectivity index (χ2n) is 6.83. The fraction of sp³-hybridized carbons (Fsp3) is 0.300. The molecule has 3 aromatic rings. The van der Waals surface area contributed by atoms with Crippen molar-refractivity contribution in [1.82, 2.24) is 24.4 Å². The van der Waals surface area contributed by atoms with E-state index in [1.165, 1.54) is 23.4 Å². The highest BCUT2D eigenvalue weighted by atomic mass is 19.1. The van der Waals surface area contributed by atoms with Gasteiger partial charge in [0.2, 0.25) is 0 Å². The Morgan fingerprint density at radius 2 is 1.89 bits per heavy atom. The van der Waals surface area contributed by atoms with Crippen molar-refractivity contribution in [3.63, 3.8) is 0 Å². The van der Waals surface area contributed by atoms with Gasteiger partial charge in [-0.2, -0.15) is 0 Å². The molecule has 1 saturated heterocycles. The summed E-state index contributed by atoms with van der Waals surface area (Å²) in [4.78, 5) is 25.8. The zero-order chi connectivity index (χ0) is 19.7. The molecule has 2 aromatic heterocycles. The Morgan fingerprint density at radius 1 is 1.18 bits per heavy atom. The average Bonchev–Trinajstić information content (AvgIpc) is 3.06. The summed E-state index contributed by atoms with van der Waals surface area (Å²) in [6, 6.07) is 8.18. The van der Waals surface area contributed by atoms with Crippen LogP contribution in [0, 0.1) is 12.7 Å². The fourth-order valence-electron chi connectivity index (χ4n) is 3.79. The number of amides is 1. The van der Waals surface area contributed by atoms with Crippen molar-refractivity contribution in [2.24, 2.45) is 0 Å². The maximum Gasteiger partial charge on any atom is 0.407 e. The van der Waals surface area contributed by atoms with Crippen molar-refractivity contribution < 1.29 is 14.3 Å². The highest BCUT2D eigenvalue weighted by Gasteiger charge is 2.28. The number of carbonyl (C=O) groups is 1. The minimum absolute atomic E-state index is 0.113. The fourth-order valence-corrected chi connectivity index (χ4v) is 3.79. The lowest BCUT2D eigenvalue weighted by atomic mass is 10.0. The van der Waals surface area contributed by atoms with Crippen LogP contribution in [0.4, 0.5) is 9.18 Å². The molecular weight excluding hydrogens is 361 g/mol. The van der Waals surface area contributed by atoms with E-state index in [9.17, 15) is 14.3 Å². The van der Waals surface area contributed by atoms with Crippen molar-refractivity contribution in [3.8, 4) is 22.6 Å². The molecular formula is C20H20FN5O2. The molecule has 0 radical (unpaired) electrons. The number of likely N-dealkylation sites (tertiary alicyclic amines) is 1. The number of imidazole rings is 1. The Labute approximate surface area is 161 Å². The second kappa shape index (κ2) is 7.38. The van der Waals surface area contributed by atoms with Gasteiger partial charge in [-0.15, -0.1) is 0 Å². The number of hydrogen-bond acceptors (Lipinski definition) is 4. The molecule has 28 heavy (non-hydrogen) atoms. The third-order valence-corrected chi connectivity index (χ3v) is 5.13. The summed E-state index contributed by atoms with van der Waals surface area (Å²) in [5.74, 6) is 0.520. The number of carboxylic acid groups (broad SMARTS) is 1. The van der Waals surface area contributed by atoms with Crippen LogP contribution in [-0.2, 0) is 0 Å². The first kappa shape index (κ1) is 18.1. The van der Waals surface area contributed by atoms with Crippen LogP contribution in [0.15, 0.2) is 42.9 Å². The van der Waals surface area contributed by atoms with E-state index in [0.29, 0.717) is 25.9 Å². The van der Waals surface area contributed by atoms with Gasteiger partial charge in [-0.05, 0) is 50.1 Å². The largest absolute Gasteiger partial charge is 0.465 e. The van der Waals surface area contributed by atoms with Crippen LogP contribution in [-0.4, -0.2) is 48.7 Å². The van der Waals surface area contributed by atoms with Gasteiger partial charge in [-0.3, -0.25) is 0 Å². The first-order chi connectivity index (χ1) is 13.5. The molecule has 0 spiro atoms. The van der Waals surface area contributed by atoms with Crippen LogP contribution in [0.3, 0.4) is 0 Å². The minimum Gasteiger partial charge on any atom is -0.465 e. The minimum atomic E-state index is -0.885. The molecule has 1 amide bonds. The van der Waals surface area contributed by atoms with Crippen molar-refractivity contribution in [2.45, 2.75) is 25.8 Å². The van der Waals surface area contributed by atoms with E-state index in [-0.39, 0.29) is 11.9 Å². The summed E-state index contributed by atoms with van der Waals surface area (Å²) in [5, 5.41) is 9.22. The van der Waals surface area contributed by atoms with Crippen LogP contribution >= 0.6 is 0 Å². The lowest BCUT2D eigenvalue weighted by Gasteiger charge is -2.32. The number of hydrogen-bond donors (Lipinski definition) is 1. The summed E-state index contributed by atoms with van der Waals surface area (Å²) in [6.07, 6.45) is 3.68. The van der Waals surface area contributed by atoms with Gasteiger partial charge < -0.3 is 14.6 Å². The summed E-state index contributed by atoms with van der Waals surface area (Å²) in [6.45, 7) is 2.89. The molecule has 3 heterocycles. The topological polar surface area (TPSA) is 84.1 Å². The molecule has 0 bridgehead atoms. The molecule has 0 atom stereocenters. The zero-order valence-corrected chi connectivity index (χ0v) is 15.4. The maximum absolute atomic E-state index is 13.4. The monoisotopic (exact) mass is 381 g/mol. The lowest BCUT2D eigenvalue weighted by molar-refractivity contribution is 0.125. The smallest absolute Gasteiger partial charge is 0.407 e. The third-order valence-electron chi connectivity index (χ3n) is 5.13. The molecule has 0 saturated carbocycles. The molecule has 1 fully saturated rings. The summed E-state index contributed by atoms with van der Waals surface area (Å²) in [7, 11) is 0. The number of piperidine rings is 1. The van der Waals surface area contributed by atoms with Crippen LogP contribution in [0.2, 0.25) is 0 Å². The Bertz CT molecular complexity index is 980. The predicted octanol–water partition coefficient (Wildman–Crippen LogP) is 3.77. The molecule has 4 rings (SSSR count). The van der Waals surface area contributed by atoms with Crippen LogP contribution in [0.5, 0.6) is 0 Å². The lowest BCUT2D eigenvalue weighted by Crippen LogP contribution is -2.38. The standard InChI is InChI=1S/C20H20FN5O2/c1-13-24-18(14-2-4-15(21)5-3-14)19(17-6-9-22-12-23-17)26(13)16-7-10-25(11-8-16)20(27)28/h2-6,9,12,16H,7-8,10-11H2,1H3,(H,27,28). The van der Waals surface area contributed by atoms with Gasteiger partial charge in [-0.25, -0.2) is 24.1 Å². The van der Waals surface area contributed by atoms with Crippen molar-refractivity contribution in [2.75, 3.05) is 13.1 Å². The molecule has 8 heteroatoms. The highest BCUT2D eigenvalue weighted by Crippen LogP contribution is 2.36. The van der Waals surface area contributed by atoms with Crippen molar-refractivity contribution >= 4 is 6.09 Å². The molecule has 1 aliphatic rings. The molecule has 1 N–H and O–H groups in total. The van der Waals surface area contributed by atoms with Crippen molar-refractivity contribution in [3.05, 3.63) is 54.5 Å². The van der Waals surface area contributed by atoms with Gasteiger partial charge in [-0.1, -0.05) is 0 Å². The second-order valence-corrected chi connectivity index (χ2v) is 6.83. The number of aryl methyl sites for hydroxylation is 1. The van der Waals surface area contributed by atoms with E-state index in [2.05, 4.69) is 14.5 Å². The molecule has 7 nitrogen and oxygen atoms in total. The van der Waals surface area contributed by atoms with Crippen LogP contribution < -0.4 is 0 Å². The van der Waals surface area contributed by atoms with Gasteiger partial charge >= 0.3 is 6.09 Å². The third kappa shape index (κ3) is 3.33. The molecule has 1 aliphatic heterocycles. The molecule has 144 valence electrons. The number of benzene rings is 1. The van der Waals surface area contributed by atoms with E-state index >= 15 is 0 Å². The van der Waals surface area contributed by atoms with E-state index in [4.69, 9.17) is 4.98 Å². The van der Waals surface area contributed by atoms with E-state index in [1.807, 2.05) is 13.0 Å². The molecule has 0 unspecified atom stereocenters. The maximum atomic E-state index is 13.4. The van der Waals surface area contributed by atoms with Gasteiger partial charge in [0.05, 0.1) is 17.1 Å². The molecule has 1 aromatic carbocycles. The number of aromatic nitrogens is 4. The summed E-state index contributed by atoms with van der Waals surface area (Å²) < 4.78 is 15.5.